The van der Waals surface area contributed by atoms with E-state index in [9.17, 15) is 4.79 Å². The van der Waals surface area contributed by atoms with Gasteiger partial charge in [0.1, 0.15) is 0 Å². The number of amides is 1. The van der Waals surface area contributed by atoms with E-state index in [0.29, 0.717) is 12.3 Å². The van der Waals surface area contributed by atoms with Crippen molar-refractivity contribution in [2.75, 3.05) is 39.3 Å². The molecule has 2 saturated heterocycles. The summed E-state index contributed by atoms with van der Waals surface area (Å²) >= 11 is 1.94. The molecule has 116 valence electrons. The van der Waals surface area contributed by atoms with Crippen molar-refractivity contribution in [3.63, 3.8) is 0 Å². The number of nitrogens with zero attached hydrogens (tertiary/aromatic N) is 2. The second-order valence-electron chi connectivity index (χ2n) is 6.53. The SMILES string of the molecule is CC1CCN(CCN2CCC(CC(=O)NI)CC2)CC1. The van der Waals surface area contributed by atoms with E-state index in [1.807, 2.05) is 22.9 Å². The summed E-state index contributed by atoms with van der Waals surface area (Å²) in [5, 5.41) is 0. The Bertz CT molecular complexity index is 297. The Kier molecular flexibility index (Phi) is 7.04. The number of carbonyl (C=O) groups is 1. The van der Waals surface area contributed by atoms with E-state index in [0.717, 1.165) is 5.92 Å². The molecule has 0 saturated carbocycles. The zero-order valence-electron chi connectivity index (χ0n) is 12.6. The van der Waals surface area contributed by atoms with Gasteiger partial charge in [0.05, 0.1) is 22.9 Å². The first-order valence-corrected chi connectivity index (χ1v) is 9.09. The van der Waals surface area contributed by atoms with Crippen molar-refractivity contribution in [1.82, 2.24) is 13.3 Å². The summed E-state index contributed by atoms with van der Waals surface area (Å²) < 4.78 is 2.71. The van der Waals surface area contributed by atoms with E-state index in [1.165, 1.54) is 65.0 Å². The molecule has 5 heteroatoms. The molecule has 0 bridgehead atoms. The maximum atomic E-state index is 11.4. The first kappa shape index (κ1) is 16.5. The Morgan fingerprint density at radius 1 is 1.05 bits per heavy atom. The number of carbonyl (C=O) groups excluding carboxylic acids is 1. The Morgan fingerprint density at radius 2 is 1.55 bits per heavy atom. The molecule has 0 aromatic rings. The van der Waals surface area contributed by atoms with Gasteiger partial charge < -0.3 is 9.80 Å². The van der Waals surface area contributed by atoms with E-state index in [1.54, 1.807) is 0 Å². The first-order chi connectivity index (χ1) is 9.67. The fourth-order valence-electron chi connectivity index (χ4n) is 3.28. The van der Waals surface area contributed by atoms with E-state index >= 15 is 0 Å². The van der Waals surface area contributed by atoms with Gasteiger partial charge in [-0.3, -0.25) is 8.32 Å². The number of rotatable bonds is 5. The van der Waals surface area contributed by atoms with Gasteiger partial charge in [-0.15, -0.1) is 0 Å². The van der Waals surface area contributed by atoms with E-state index in [2.05, 4.69) is 20.3 Å². The second-order valence-corrected chi connectivity index (χ2v) is 7.07. The molecular weight excluding hydrogens is 365 g/mol. The van der Waals surface area contributed by atoms with Crippen LogP contribution in [0.15, 0.2) is 0 Å². The van der Waals surface area contributed by atoms with Crippen molar-refractivity contribution in [2.45, 2.75) is 39.0 Å². The third-order valence-corrected chi connectivity index (χ3v) is 5.50. The summed E-state index contributed by atoms with van der Waals surface area (Å²) in [7, 11) is 0. The number of hydrogen-bond donors (Lipinski definition) is 1. The van der Waals surface area contributed by atoms with Crippen LogP contribution in [0.4, 0.5) is 0 Å². The van der Waals surface area contributed by atoms with Gasteiger partial charge in [0.15, 0.2) is 0 Å². The highest BCUT2D eigenvalue weighted by Gasteiger charge is 2.22. The van der Waals surface area contributed by atoms with Gasteiger partial charge in [-0.05, 0) is 63.7 Å². The van der Waals surface area contributed by atoms with Gasteiger partial charge in [-0.25, -0.2) is 0 Å². The minimum Gasteiger partial charge on any atom is -0.302 e. The first-order valence-electron chi connectivity index (χ1n) is 8.01. The fraction of sp³-hybridized carbons (Fsp3) is 0.933. The van der Waals surface area contributed by atoms with Crippen molar-refractivity contribution < 1.29 is 4.79 Å². The average molecular weight is 393 g/mol. The molecule has 0 unspecified atom stereocenters. The highest BCUT2D eigenvalue weighted by atomic mass is 127. The van der Waals surface area contributed by atoms with Gasteiger partial charge in [0.2, 0.25) is 5.91 Å². The zero-order valence-corrected chi connectivity index (χ0v) is 14.8. The quantitative estimate of drug-likeness (QED) is 0.575. The van der Waals surface area contributed by atoms with E-state index in [4.69, 9.17) is 0 Å². The third kappa shape index (κ3) is 5.48. The van der Waals surface area contributed by atoms with Gasteiger partial charge in [0, 0.05) is 19.5 Å². The molecule has 4 nitrogen and oxygen atoms in total. The molecule has 0 aromatic carbocycles. The topological polar surface area (TPSA) is 35.6 Å². The lowest BCUT2D eigenvalue weighted by atomic mass is 9.93. The number of hydrogen-bond acceptors (Lipinski definition) is 3. The number of likely N-dealkylation sites (tertiary alicyclic amines) is 2. The van der Waals surface area contributed by atoms with E-state index < -0.39 is 0 Å². The van der Waals surface area contributed by atoms with Gasteiger partial charge in [-0.2, -0.15) is 0 Å². The molecule has 0 atom stereocenters. The van der Waals surface area contributed by atoms with E-state index in [-0.39, 0.29) is 5.91 Å². The highest BCUT2D eigenvalue weighted by Crippen LogP contribution is 2.21. The van der Waals surface area contributed by atoms with Crippen LogP contribution >= 0.6 is 22.9 Å². The predicted octanol–water partition coefficient (Wildman–Crippen LogP) is 2.29. The maximum Gasteiger partial charge on any atom is 0.228 e. The maximum absolute atomic E-state index is 11.4. The summed E-state index contributed by atoms with van der Waals surface area (Å²) in [6, 6.07) is 0. The molecular formula is C15H28IN3O. The molecule has 0 aliphatic carbocycles. The van der Waals surface area contributed by atoms with Crippen molar-refractivity contribution in [3.8, 4) is 0 Å². The van der Waals surface area contributed by atoms with Crippen molar-refractivity contribution >= 4 is 28.8 Å². The van der Waals surface area contributed by atoms with Crippen LogP contribution in [0.3, 0.4) is 0 Å². The molecule has 20 heavy (non-hydrogen) atoms. The largest absolute Gasteiger partial charge is 0.302 e. The van der Waals surface area contributed by atoms with Gasteiger partial charge in [-0.1, -0.05) is 6.92 Å². The van der Waals surface area contributed by atoms with Crippen LogP contribution in [0.25, 0.3) is 0 Å². The molecule has 1 N–H and O–H groups in total. The summed E-state index contributed by atoms with van der Waals surface area (Å²) in [6.07, 6.45) is 5.81. The Morgan fingerprint density at radius 3 is 2.05 bits per heavy atom. The van der Waals surface area contributed by atoms with Crippen LogP contribution in [0, 0.1) is 11.8 Å². The molecule has 0 aromatic heterocycles. The third-order valence-electron chi connectivity index (χ3n) is 4.90. The summed E-state index contributed by atoms with van der Waals surface area (Å²) in [5.41, 5.74) is 0. The number of piperidine rings is 2. The lowest BCUT2D eigenvalue weighted by Crippen LogP contribution is -2.42. The molecule has 0 radical (unpaired) electrons. The monoisotopic (exact) mass is 393 g/mol. The molecule has 0 spiro atoms. The number of halogens is 1. The van der Waals surface area contributed by atoms with Crippen LogP contribution in [-0.4, -0.2) is 55.0 Å². The molecule has 2 heterocycles. The smallest absolute Gasteiger partial charge is 0.228 e. The van der Waals surface area contributed by atoms with Crippen LogP contribution < -0.4 is 3.53 Å². The highest BCUT2D eigenvalue weighted by molar-refractivity contribution is 14.1. The Balaban J connectivity index is 1.59. The molecule has 2 rings (SSSR count). The van der Waals surface area contributed by atoms with Crippen molar-refractivity contribution in [1.29, 1.82) is 0 Å². The zero-order chi connectivity index (χ0) is 14.4. The fourth-order valence-corrected chi connectivity index (χ4v) is 3.50. The normalized spacial score (nSPS) is 23.9. The molecule has 1 amide bonds. The molecule has 2 aliphatic heterocycles. The standard InChI is InChI=1S/C15H28IN3O/c1-13-2-6-18(7-3-13)10-11-19-8-4-14(5-9-19)12-15(20)17-16/h13-14H,2-12H2,1H3,(H,17,20). The van der Waals surface area contributed by atoms with Gasteiger partial charge >= 0.3 is 0 Å². The predicted molar refractivity (Wildman–Crippen MR) is 90.8 cm³/mol. The molecule has 2 aliphatic rings. The summed E-state index contributed by atoms with van der Waals surface area (Å²) in [4.78, 5) is 16.6. The minimum atomic E-state index is 0.187. The lowest BCUT2D eigenvalue weighted by Gasteiger charge is -2.35. The minimum absolute atomic E-state index is 0.187. The average Bonchev–Trinajstić information content (AvgIpc) is 2.48. The van der Waals surface area contributed by atoms with Crippen LogP contribution in [-0.2, 0) is 4.79 Å². The van der Waals surface area contributed by atoms with Crippen LogP contribution in [0.2, 0.25) is 0 Å². The van der Waals surface area contributed by atoms with Crippen LogP contribution in [0.1, 0.15) is 39.0 Å². The summed E-state index contributed by atoms with van der Waals surface area (Å²) in [6.45, 7) is 9.72. The van der Waals surface area contributed by atoms with Crippen molar-refractivity contribution in [3.05, 3.63) is 0 Å². The van der Waals surface area contributed by atoms with Crippen LogP contribution in [0.5, 0.6) is 0 Å². The second kappa shape index (κ2) is 8.54. The summed E-state index contributed by atoms with van der Waals surface area (Å²) in [5.74, 6) is 1.70. The Hall–Kier alpha value is 0.120. The Labute approximate surface area is 137 Å². The number of nitrogens with one attached hydrogen (secondary N) is 1. The van der Waals surface area contributed by atoms with Gasteiger partial charge in [0.25, 0.3) is 0 Å². The lowest BCUT2D eigenvalue weighted by molar-refractivity contribution is -0.120. The molecule has 2 fully saturated rings. The van der Waals surface area contributed by atoms with Crippen molar-refractivity contribution in [2.24, 2.45) is 11.8 Å².